The Hall–Kier alpha value is -2.12. The van der Waals surface area contributed by atoms with E-state index in [2.05, 4.69) is 0 Å². The van der Waals surface area contributed by atoms with E-state index >= 15 is 0 Å². The van der Waals surface area contributed by atoms with Gasteiger partial charge in [-0.15, -0.1) is 0 Å². The number of para-hydroxylation sites is 2. The number of hydrogen-bond acceptors (Lipinski definition) is 6. The first kappa shape index (κ1) is 21.2. The molecule has 6 heteroatoms. The normalized spacial score (nSPS) is 13.3. The van der Waals surface area contributed by atoms with Crippen molar-refractivity contribution < 1.29 is 29.9 Å². The van der Waals surface area contributed by atoms with Crippen molar-refractivity contribution in [2.24, 2.45) is 0 Å². The Labute approximate surface area is 159 Å². The number of rotatable bonds is 10. The molecule has 148 valence electrons. The third-order valence-corrected chi connectivity index (χ3v) is 4.23. The third kappa shape index (κ3) is 5.94. The Balaban J connectivity index is 2.26. The Morgan fingerprint density at radius 3 is 1.52 bits per heavy atom. The first-order chi connectivity index (χ1) is 13.0. The van der Waals surface area contributed by atoms with Crippen LogP contribution in [0.25, 0.3) is 0 Å². The van der Waals surface area contributed by atoms with Crippen molar-refractivity contribution in [1.29, 1.82) is 0 Å². The average molecular weight is 376 g/mol. The third-order valence-electron chi connectivity index (χ3n) is 4.23. The lowest BCUT2D eigenvalue weighted by molar-refractivity contribution is 0.0527. The van der Waals surface area contributed by atoms with E-state index in [1.807, 2.05) is 50.2 Å². The van der Waals surface area contributed by atoms with Crippen molar-refractivity contribution in [3.63, 3.8) is 0 Å². The van der Waals surface area contributed by atoms with E-state index in [0.717, 1.165) is 22.3 Å². The summed E-state index contributed by atoms with van der Waals surface area (Å²) in [5.41, 5.74) is 3.73. The van der Waals surface area contributed by atoms with Gasteiger partial charge in [-0.2, -0.15) is 0 Å². The van der Waals surface area contributed by atoms with Gasteiger partial charge in [0.2, 0.25) is 0 Å². The minimum Gasteiger partial charge on any atom is -0.490 e. The van der Waals surface area contributed by atoms with Crippen LogP contribution in [0.5, 0.6) is 11.5 Å². The Morgan fingerprint density at radius 1 is 0.741 bits per heavy atom. The monoisotopic (exact) mass is 376 g/mol. The molecule has 6 nitrogen and oxygen atoms in total. The summed E-state index contributed by atoms with van der Waals surface area (Å²) in [6.07, 6.45) is -1.33. The van der Waals surface area contributed by atoms with Crippen LogP contribution in [-0.4, -0.2) is 59.1 Å². The molecule has 0 saturated heterocycles. The van der Waals surface area contributed by atoms with Crippen molar-refractivity contribution in [2.45, 2.75) is 32.5 Å². The van der Waals surface area contributed by atoms with Crippen LogP contribution in [0.4, 0.5) is 0 Å². The summed E-state index contributed by atoms with van der Waals surface area (Å²) in [5.74, 6) is 1.35. The molecule has 2 rings (SSSR count). The number of benzene rings is 2. The van der Waals surface area contributed by atoms with Crippen LogP contribution < -0.4 is 9.47 Å². The second-order valence-electron chi connectivity index (χ2n) is 6.60. The van der Waals surface area contributed by atoms with Gasteiger partial charge in [0.15, 0.2) is 0 Å². The highest BCUT2D eigenvalue weighted by molar-refractivity contribution is 5.48. The van der Waals surface area contributed by atoms with Gasteiger partial charge in [0, 0.05) is 6.42 Å². The van der Waals surface area contributed by atoms with Gasteiger partial charge in [0.25, 0.3) is 0 Å². The van der Waals surface area contributed by atoms with Crippen LogP contribution in [0.3, 0.4) is 0 Å². The van der Waals surface area contributed by atoms with Gasteiger partial charge < -0.3 is 29.9 Å². The van der Waals surface area contributed by atoms with Crippen LogP contribution in [0.1, 0.15) is 22.3 Å². The second kappa shape index (κ2) is 10.3. The van der Waals surface area contributed by atoms with E-state index in [9.17, 15) is 10.2 Å². The number of ether oxygens (including phenoxy) is 2. The van der Waals surface area contributed by atoms with E-state index in [4.69, 9.17) is 19.7 Å². The molecule has 0 amide bonds. The molecule has 0 aliphatic carbocycles. The van der Waals surface area contributed by atoms with Gasteiger partial charge in [0.1, 0.15) is 36.9 Å². The maximum absolute atomic E-state index is 9.58. The molecular weight excluding hydrogens is 348 g/mol. The summed E-state index contributed by atoms with van der Waals surface area (Å²) in [5, 5.41) is 37.1. The first-order valence-corrected chi connectivity index (χ1v) is 8.96. The maximum Gasteiger partial charge on any atom is 0.125 e. The summed E-state index contributed by atoms with van der Waals surface area (Å²) in [7, 11) is 0. The summed E-state index contributed by atoms with van der Waals surface area (Å²) in [6.45, 7) is 3.15. The molecule has 4 N–H and O–H groups in total. The van der Waals surface area contributed by atoms with Crippen molar-refractivity contribution in [3.05, 3.63) is 58.7 Å². The average Bonchev–Trinajstić information content (AvgIpc) is 2.66. The highest BCUT2D eigenvalue weighted by Crippen LogP contribution is 2.31. The summed E-state index contributed by atoms with van der Waals surface area (Å²) >= 11 is 0. The van der Waals surface area contributed by atoms with Crippen LogP contribution in [0.15, 0.2) is 36.4 Å². The van der Waals surface area contributed by atoms with E-state index in [0.29, 0.717) is 17.9 Å². The van der Waals surface area contributed by atoms with Crippen LogP contribution in [-0.2, 0) is 6.42 Å². The zero-order valence-electron chi connectivity index (χ0n) is 15.8. The highest BCUT2D eigenvalue weighted by Gasteiger charge is 2.15. The van der Waals surface area contributed by atoms with Crippen molar-refractivity contribution >= 4 is 0 Å². The van der Waals surface area contributed by atoms with E-state index in [1.165, 1.54) is 0 Å². The summed E-state index contributed by atoms with van der Waals surface area (Å²) < 4.78 is 11.5. The Bertz CT molecular complexity index is 669. The fourth-order valence-corrected chi connectivity index (χ4v) is 2.79. The molecule has 0 fully saturated rings. The quantitative estimate of drug-likeness (QED) is 0.500. The minimum atomic E-state index is -0.935. The van der Waals surface area contributed by atoms with Gasteiger partial charge in [-0.05, 0) is 36.1 Å². The smallest absolute Gasteiger partial charge is 0.125 e. The number of hydrogen-bond donors (Lipinski definition) is 4. The fourth-order valence-electron chi connectivity index (χ4n) is 2.79. The van der Waals surface area contributed by atoms with E-state index in [-0.39, 0.29) is 26.4 Å². The minimum absolute atomic E-state index is 0.00816. The number of aliphatic hydroxyl groups excluding tert-OH is 4. The lowest BCUT2D eigenvalue weighted by Crippen LogP contribution is -2.22. The molecule has 2 aromatic carbocycles. The van der Waals surface area contributed by atoms with Gasteiger partial charge in [0.05, 0.1) is 13.2 Å². The molecule has 0 spiro atoms. The van der Waals surface area contributed by atoms with Gasteiger partial charge in [-0.25, -0.2) is 0 Å². The zero-order valence-corrected chi connectivity index (χ0v) is 15.8. The van der Waals surface area contributed by atoms with Crippen molar-refractivity contribution in [1.82, 2.24) is 0 Å². The van der Waals surface area contributed by atoms with Crippen molar-refractivity contribution in [3.8, 4) is 11.5 Å². The number of aliphatic hydroxyl groups is 4. The molecule has 0 radical (unpaired) electrons. The van der Waals surface area contributed by atoms with E-state index in [1.54, 1.807) is 0 Å². The van der Waals surface area contributed by atoms with Crippen LogP contribution in [0.2, 0.25) is 0 Å². The Morgan fingerprint density at radius 2 is 1.15 bits per heavy atom. The predicted molar refractivity (Wildman–Crippen MR) is 102 cm³/mol. The lowest BCUT2D eigenvalue weighted by Gasteiger charge is -2.19. The molecule has 0 saturated carbocycles. The molecule has 0 bridgehead atoms. The zero-order chi connectivity index (χ0) is 19.8. The predicted octanol–water partition coefficient (Wildman–Crippen LogP) is 1.36. The molecule has 27 heavy (non-hydrogen) atoms. The molecule has 0 aliphatic heterocycles. The van der Waals surface area contributed by atoms with Gasteiger partial charge >= 0.3 is 0 Å². The van der Waals surface area contributed by atoms with Crippen molar-refractivity contribution in [2.75, 3.05) is 26.4 Å². The van der Waals surface area contributed by atoms with Crippen LogP contribution >= 0.6 is 0 Å². The standard InChI is InChI=1S/C21H28O6/c1-14-5-3-7-16(20(14)26-12-18(24)10-22)9-17-8-4-6-15(2)21(17)27-13-19(25)11-23/h3-8,18-19,22-25H,9-13H2,1-2H3. The first-order valence-electron chi connectivity index (χ1n) is 8.96. The molecule has 2 atom stereocenters. The molecule has 2 aromatic rings. The summed E-state index contributed by atoms with van der Waals surface area (Å²) in [6, 6.07) is 11.6. The Kier molecular flexibility index (Phi) is 8.06. The van der Waals surface area contributed by atoms with Crippen LogP contribution in [0, 0.1) is 13.8 Å². The summed E-state index contributed by atoms with van der Waals surface area (Å²) in [4.78, 5) is 0. The fraction of sp³-hybridized carbons (Fsp3) is 0.429. The maximum atomic E-state index is 9.58. The van der Waals surface area contributed by atoms with E-state index < -0.39 is 12.2 Å². The molecule has 0 aromatic heterocycles. The molecular formula is C21H28O6. The lowest BCUT2D eigenvalue weighted by atomic mass is 9.99. The molecule has 0 aliphatic rings. The SMILES string of the molecule is Cc1cccc(Cc2cccc(C)c2OCC(O)CO)c1OCC(O)CO. The second-order valence-corrected chi connectivity index (χ2v) is 6.60. The number of aryl methyl sites for hydroxylation is 2. The topological polar surface area (TPSA) is 99.4 Å². The van der Waals surface area contributed by atoms with Gasteiger partial charge in [-0.1, -0.05) is 36.4 Å². The largest absolute Gasteiger partial charge is 0.490 e. The molecule has 0 heterocycles. The molecule has 2 unspecified atom stereocenters. The van der Waals surface area contributed by atoms with Gasteiger partial charge in [-0.3, -0.25) is 0 Å². The highest BCUT2D eigenvalue weighted by atomic mass is 16.5.